The lowest BCUT2D eigenvalue weighted by molar-refractivity contribution is -0.120. The van der Waals surface area contributed by atoms with Crippen molar-refractivity contribution in [1.29, 1.82) is 5.26 Å². The van der Waals surface area contributed by atoms with Crippen LogP contribution in [0, 0.1) is 33.6 Å². The van der Waals surface area contributed by atoms with Gasteiger partial charge >= 0.3 is 0 Å². The first-order valence-electron chi connectivity index (χ1n) is 8.39. The van der Waals surface area contributed by atoms with Crippen LogP contribution in [0.2, 0.25) is 0 Å². The number of fused-ring (bicyclic) bond motifs is 1. The van der Waals surface area contributed by atoms with Crippen LogP contribution in [0.15, 0.2) is 12.1 Å². The Hall–Kier alpha value is -2.60. The summed E-state index contributed by atoms with van der Waals surface area (Å²) in [4.78, 5) is 11.8. The zero-order chi connectivity index (χ0) is 19.7. The molecule has 1 atom stereocenters. The highest BCUT2D eigenvalue weighted by molar-refractivity contribution is 7.71. The average Bonchev–Trinajstić information content (AvgIpc) is 3.15. The maximum atomic E-state index is 14.2. The molecule has 5 nitrogen and oxygen atoms in total. The van der Waals surface area contributed by atoms with Crippen LogP contribution in [0.3, 0.4) is 0 Å². The normalized spacial score (nSPS) is 15.4. The molecular weight excluding hydrogens is 377 g/mol. The van der Waals surface area contributed by atoms with Crippen LogP contribution in [-0.2, 0) is 31.2 Å². The molecule has 2 heterocycles. The van der Waals surface area contributed by atoms with Crippen molar-refractivity contribution >= 4 is 18.1 Å². The predicted molar refractivity (Wildman–Crippen MR) is 93.9 cm³/mol. The van der Waals surface area contributed by atoms with E-state index in [1.54, 1.807) is 16.2 Å². The van der Waals surface area contributed by atoms with Crippen molar-refractivity contribution in [3.8, 4) is 6.07 Å². The molecular formula is C18H17F3N4OS. The molecule has 1 aromatic heterocycles. The fraction of sp³-hybridized carbons (Fsp3) is 0.389. The molecule has 3 rings (SSSR count). The third-order valence-electron chi connectivity index (χ3n) is 4.87. The average molecular weight is 394 g/mol. The fourth-order valence-electron chi connectivity index (χ4n) is 3.58. The molecule has 1 N–H and O–H groups in total. The van der Waals surface area contributed by atoms with Crippen molar-refractivity contribution in [1.82, 2.24) is 14.5 Å². The minimum Gasteiger partial charge on any atom is -0.343 e. The number of imidazole rings is 1. The van der Waals surface area contributed by atoms with Gasteiger partial charge in [0.15, 0.2) is 16.4 Å². The smallest absolute Gasteiger partial charge is 0.221 e. The Morgan fingerprint density at radius 2 is 2.07 bits per heavy atom. The number of carbonyl (C=O) groups excluding carboxylic acids is 1. The highest BCUT2D eigenvalue weighted by atomic mass is 32.1. The second kappa shape index (κ2) is 7.56. The quantitative estimate of drug-likeness (QED) is 0.482. The molecule has 0 saturated heterocycles. The maximum absolute atomic E-state index is 14.2. The summed E-state index contributed by atoms with van der Waals surface area (Å²) in [5.41, 5.74) is 1.32. The Morgan fingerprint density at radius 3 is 2.78 bits per heavy atom. The molecule has 0 aliphatic carbocycles. The number of carbonyl (C=O) groups is 1. The summed E-state index contributed by atoms with van der Waals surface area (Å²) >= 11 is 5.41. The number of aromatic nitrogens is 2. The van der Waals surface area contributed by atoms with Crippen LogP contribution >= 0.6 is 12.2 Å². The van der Waals surface area contributed by atoms with E-state index in [0.29, 0.717) is 17.6 Å². The number of halogens is 3. The van der Waals surface area contributed by atoms with Gasteiger partial charge in [-0.1, -0.05) is 0 Å². The van der Waals surface area contributed by atoms with E-state index in [9.17, 15) is 18.0 Å². The van der Waals surface area contributed by atoms with Gasteiger partial charge in [-0.25, -0.2) is 13.2 Å². The van der Waals surface area contributed by atoms with Gasteiger partial charge in [0.2, 0.25) is 5.91 Å². The predicted octanol–water partition coefficient (Wildman–Crippen LogP) is 2.89. The van der Waals surface area contributed by atoms with Gasteiger partial charge in [0, 0.05) is 42.9 Å². The summed E-state index contributed by atoms with van der Waals surface area (Å²) in [6.45, 7) is 0.186. The van der Waals surface area contributed by atoms with Gasteiger partial charge in [0.25, 0.3) is 0 Å². The largest absolute Gasteiger partial charge is 0.343 e. The van der Waals surface area contributed by atoms with E-state index in [1.807, 2.05) is 6.07 Å². The number of amides is 1. The molecule has 1 amide bonds. The molecule has 0 bridgehead atoms. The topological polar surface area (TPSA) is 62.8 Å². The molecule has 2 aromatic rings. The summed E-state index contributed by atoms with van der Waals surface area (Å²) in [6.07, 6.45) is 0.839. The van der Waals surface area contributed by atoms with Gasteiger partial charge in [-0.2, -0.15) is 5.26 Å². The fourth-order valence-corrected chi connectivity index (χ4v) is 3.87. The molecule has 0 radical (unpaired) electrons. The Kier molecular flexibility index (Phi) is 5.37. The van der Waals surface area contributed by atoms with E-state index >= 15 is 0 Å². The number of rotatable bonds is 5. The van der Waals surface area contributed by atoms with Gasteiger partial charge < -0.3 is 14.5 Å². The van der Waals surface area contributed by atoms with Crippen molar-refractivity contribution in [2.24, 2.45) is 7.05 Å². The maximum Gasteiger partial charge on any atom is 0.221 e. The number of nitrogens with one attached hydrogen (secondary N) is 1. The van der Waals surface area contributed by atoms with E-state index in [4.69, 9.17) is 17.5 Å². The molecule has 0 saturated carbocycles. The first-order chi connectivity index (χ1) is 12.8. The number of nitrogens with zero attached hydrogens (tertiary/aromatic N) is 3. The van der Waals surface area contributed by atoms with Gasteiger partial charge in [-0.15, -0.1) is 0 Å². The number of hydrogen-bond donors (Lipinski definition) is 1. The second-order valence-electron chi connectivity index (χ2n) is 6.44. The first-order valence-corrected chi connectivity index (χ1v) is 8.80. The second-order valence-corrected chi connectivity index (χ2v) is 6.80. The minimum absolute atomic E-state index is 0.0642. The molecule has 9 heteroatoms. The van der Waals surface area contributed by atoms with E-state index in [-0.39, 0.29) is 31.0 Å². The molecule has 0 fully saturated rings. The van der Waals surface area contributed by atoms with Gasteiger partial charge in [0.05, 0.1) is 6.07 Å². The number of benzene rings is 1. The Labute approximate surface area is 159 Å². The van der Waals surface area contributed by atoms with Crippen LogP contribution in [0.25, 0.3) is 0 Å². The number of hydrogen-bond acceptors (Lipinski definition) is 3. The van der Waals surface area contributed by atoms with Gasteiger partial charge in [-0.3, -0.25) is 4.79 Å². The van der Waals surface area contributed by atoms with Crippen LogP contribution in [0.5, 0.6) is 0 Å². The van der Waals surface area contributed by atoms with Crippen molar-refractivity contribution in [2.75, 3.05) is 6.54 Å². The van der Waals surface area contributed by atoms with Crippen LogP contribution < -0.4 is 5.32 Å². The van der Waals surface area contributed by atoms with Crippen molar-refractivity contribution in [3.05, 3.63) is 51.3 Å². The standard InChI is InChI=1S/C18H17F3N4OS/c1-24-13(4-5-15(26)23-7-6-22)14-8-10(9-25(14)18(24)27)16-11(19)2-3-12(20)17(16)21/h2-3,10H,4-5,7-9H2,1H3,(H,23,26). The van der Waals surface area contributed by atoms with Crippen LogP contribution in [0.1, 0.15) is 29.3 Å². The SMILES string of the molecule is Cn1c(CCC(=O)NCC#N)c2n(c1=S)CC(c1c(F)ccc(F)c1F)C2. The van der Waals surface area contributed by atoms with Gasteiger partial charge in [-0.05, 0) is 37.2 Å². The minimum atomic E-state index is -1.17. The van der Waals surface area contributed by atoms with Crippen LogP contribution in [-0.4, -0.2) is 21.6 Å². The summed E-state index contributed by atoms with van der Waals surface area (Å²) in [5, 5.41) is 11.0. The summed E-state index contributed by atoms with van der Waals surface area (Å²) in [5.74, 6) is -3.86. The zero-order valence-corrected chi connectivity index (χ0v) is 15.4. The lowest BCUT2D eigenvalue weighted by Gasteiger charge is -2.13. The third kappa shape index (κ3) is 3.49. The van der Waals surface area contributed by atoms with E-state index in [2.05, 4.69) is 5.32 Å². The highest BCUT2D eigenvalue weighted by Gasteiger charge is 2.32. The van der Waals surface area contributed by atoms with Crippen molar-refractivity contribution in [2.45, 2.75) is 31.7 Å². The highest BCUT2D eigenvalue weighted by Crippen LogP contribution is 2.36. The molecule has 142 valence electrons. The van der Waals surface area contributed by atoms with Crippen molar-refractivity contribution in [3.63, 3.8) is 0 Å². The van der Waals surface area contributed by atoms with E-state index < -0.39 is 23.4 Å². The monoisotopic (exact) mass is 394 g/mol. The number of nitriles is 1. The summed E-state index contributed by atoms with van der Waals surface area (Å²) in [7, 11) is 1.77. The van der Waals surface area contributed by atoms with E-state index in [1.165, 1.54) is 0 Å². The Morgan fingerprint density at radius 1 is 1.37 bits per heavy atom. The Balaban J connectivity index is 1.86. The summed E-state index contributed by atoms with van der Waals surface area (Å²) in [6, 6.07) is 3.53. The van der Waals surface area contributed by atoms with Crippen molar-refractivity contribution < 1.29 is 18.0 Å². The molecule has 1 unspecified atom stereocenters. The lowest BCUT2D eigenvalue weighted by Crippen LogP contribution is -2.24. The Bertz CT molecular complexity index is 1010. The van der Waals surface area contributed by atoms with Gasteiger partial charge in [0.1, 0.15) is 12.4 Å². The molecule has 0 spiro atoms. The third-order valence-corrected chi connectivity index (χ3v) is 5.36. The molecule has 1 aliphatic rings. The molecule has 1 aliphatic heterocycles. The molecule has 27 heavy (non-hydrogen) atoms. The van der Waals surface area contributed by atoms with E-state index in [0.717, 1.165) is 23.5 Å². The summed E-state index contributed by atoms with van der Waals surface area (Å²) < 4.78 is 45.9. The van der Waals surface area contributed by atoms with Crippen LogP contribution in [0.4, 0.5) is 13.2 Å². The zero-order valence-electron chi connectivity index (χ0n) is 14.6. The molecule has 1 aromatic carbocycles. The lowest BCUT2D eigenvalue weighted by atomic mass is 9.94. The first kappa shape index (κ1) is 19.2.